The molecule has 1 aromatic rings. The molecule has 0 saturated heterocycles. The molecule has 1 aromatic carbocycles. The van der Waals surface area contributed by atoms with Gasteiger partial charge in [-0.2, -0.15) is 4.31 Å². The second-order valence-corrected chi connectivity index (χ2v) is 6.24. The van der Waals surface area contributed by atoms with Crippen molar-refractivity contribution in [2.45, 2.75) is 25.2 Å². The van der Waals surface area contributed by atoms with E-state index in [4.69, 9.17) is 0 Å². The maximum atomic E-state index is 12.5. The molecule has 0 unspecified atom stereocenters. The van der Waals surface area contributed by atoms with Gasteiger partial charge in [0, 0.05) is 13.1 Å². The molecular weight excluding hydrogens is 258 g/mol. The molecule has 0 radical (unpaired) electrons. The van der Waals surface area contributed by atoms with Gasteiger partial charge in [-0.3, -0.25) is 0 Å². The van der Waals surface area contributed by atoms with E-state index < -0.39 is 10.0 Å². The first-order valence-corrected chi connectivity index (χ1v) is 7.79. The van der Waals surface area contributed by atoms with Crippen molar-refractivity contribution in [3.05, 3.63) is 54.6 Å². The molecule has 0 aromatic heterocycles. The van der Waals surface area contributed by atoms with E-state index in [9.17, 15) is 8.42 Å². The van der Waals surface area contributed by atoms with Gasteiger partial charge in [0.25, 0.3) is 0 Å². The molecule has 3 nitrogen and oxygen atoms in total. The number of hydrogen-bond acceptors (Lipinski definition) is 2. The maximum Gasteiger partial charge on any atom is 0.243 e. The molecule has 0 aliphatic carbocycles. The number of allylic oxidation sites excluding steroid dienone is 1. The highest BCUT2D eigenvalue weighted by Gasteiger charge is 2.21. The van der Waals surface area contributed by atoms with E-state index in [1.807, 2.05) is 26.0 Å². The molecule has 0 aliphatic heterocycles. The molecule has 0 amide bonds. The minimum atomic E-state index is -3.45. The first-order valence-electron chi connectivity index (χ1n) is 6.35. The average molecular weight is 279 g/mol. The lowest BCUT2D eigenvalue weighted by Gasteiger charge is -2.19. The smallest absolute Gasteiger partial charge is 0.207 e. The van der Waals surface area contributed by atoms with Crippen molar-refractivity contribution in [3.8, 4) is 0 Å². The van der Waals surface area contributed by atoms with Crippen molar-refractivity contribution in [2.24, 2.45) is 0 Å². The predicted octanol–water partition coefficient (Wildman–Crippen LogP) is 3.14. The van der Waals surface area contributed by atoms with Crippen LogP contribution in [0.3, 0.4) is 0 Å². The number of rotatable bonds is 7. The van der Waals surface area contributed by atoms with Crippen LogP contribution in [0.4, 0.5) is 0 Å². The Morgan fingerprint density at radius 1 is 1.16 bits per heavy atom. The SMILES string of the molecule is C=CCN(C/C=C/CC)S(=O)(=O)c1ccc(C)cc1. The van der Waals surface area contributed by atoms with Crippen LogP contribution in [-0.2, 0) is 10.0 Å². The van der Waals surface area contributed by atoms with Crippen molar-refractivity contribution < 1.29 is 8.42 Å². The highest BCUT2D eigenvalue weighted by Crippen LogP contribution is 2.16. The van der Waals surface area contributed by atoms with Crippen LogP contribution < -0.4 is 0 Å². The topological polar surface area (TPSA) is 37.4 Å². The highest BCUT2D eigenvalue weighted by atomic mass is 32.2. The number of aryl methyl sites for hydroxylation is 1. The number of nitrogens with zero attached hydrogens (tertiary/aromatic N) is 1. The van der Waals surface area contributed by atoms with Gasteiger partial charge in [-0.1, -0.05) is 42.8 Å². The van der Waals surface area contributed by atoms with E-state index in [0.717, 1.165) is 12.0 Å². The van der Waals surface area contributed by atoms with Crippen molar-refractivity contribution in [3.63, 3.8) is 0 Å². The van der Waals surface area contributed by atoms with Gasteiger partial charge in [-0.05, 0) is 25.5 Å². The largest absolute Gasteiger partial charge is 0.243 e. The number of benzene rings is 1. The van der Waals surface area contributed by atoms with E-state index in [0.29, 0.717) is 18.0 Å². The minimum Gasteiger partial charge on any atom is -0.207 e. The van der Waals surface area contributed by atoms with Crippen LogP contribution in [0.15, 0.2) is 54.0 Å². The Balaban J connectivity index is 3.01. The zero-order chi connectivity index (χ0) is 14.3. The van der Waals surface area contributed by atoms with E-state index in [2.05, 4.69) is 6.58 Å². The average Bonchev–Trinajstić information content (AvgIpc) is 2.38. The molecule has 0 N–H and O–H groups in total. The summed E-state index contributed by atoms with van der Waals surface area (Å²) in [6.45, 7) is 8.25. The molecule has 0 spiro atoms. The second-order valence-electron chi connectivity index (χ2n) is 4.30. The third-order valence-corrected chi connectivity index (χ3v) is 4.55. The normalized spacial score (nSPS) is 12.2. The van der Waals surface area contributed by atoms with Gasteiger partial charge in [0.15, 0.2) is 0 Å². The molecule has 1 rings (SSSR count). The summed E-state index contributed by atoms with van der Waals surface area (Å²) in [6, 6.07) is 6.90. The van der Waals surface area contributed by atoms with E-state index in [1.165, 1.54) is 4.31 Å². The molecule has 104 valence electrons. The van der Waals surface area contributed by atoms with Crippen molar-refractivity contribution in [1.82, 2.24) is 4.31 Å². The fourth-order valence-corrected chi connectivity index (χ4v) is 3.00. The summed E-state index contributed by atoms with van der Waals surface area (Å²) in [5, 5.41) is 0. The standard InChI is InChI=1S/C15H21NO2S/c1-4-6-7-13-16(12-5-2)19(17,18)15-10-8-14(3)9-11-15/h5-11H,2,4,12-13H2,1,3H3/b7-6+. The summed E-state index contributed by atoms with van der Waals surface area (Å²) in [4.78, 5) is 0.324. The summed E-state index contributed by atoms with van der Waals surface area (Å²) < 4.78 is 26.4. The van der Waals surface area contributed by atoms with Crippen LogP contribution in [0, 0.1) is 6.92 Å². The van der Waals surface area contributed by atoms with Gasteiger partial charge in [-0.25, -0.2) is 8.42 Å². The molecule has 0 saturated carbocycles. The number of hydrogen-bond donors (Lipinski definition) is 0. The molecule has 0 heterocycles. The molecule has 0 fully saturated rings. The molecule has 0 bridgehead atoms. The highest BCUT2D eigenvalue weighted by molar-refractivity contribution is 7.89. The quantitative estimate of drug-likeness (QED) is 0.719. The summed E-state index contributed by atoms with van der Waals surface area (Å²) in [5.74, 6) is 0. The minimum absolute atomic E-state index is 0.310. The number of sulfonamides is 1. The zero-order valence-corrected chi connectivity index (χ0v) is 12.4. The summed E-state index contributed by atoms with van der Waals surface area (Å²) in [6.07, 6.45) is 6.33. The third-order valence-electron chi connectivity index (χ3n) is 2.70. The molecule has 4 heteroatoms. The summed E-state index contributed by atoms with van der Waals surface area (Å²) in [5.41, 5.74) is 1.04. The van der Waals surface area contributed by atoms with Crippen molar-refractivity contribution in [1.29, 1.82) is 0 Å². The van der Waals surface area contributed by atoms with E-state index in [-0.39, 0.29) is 0 Å². The Labute approximate surface area is 116 Å². The zero-order valence-electron chi connectivity index (χ0n) is 11.5. The van der Waals surface area contributed by atoms with E-state index >= 15 is 0 Å². The lowest BCUT2D eigenvalue weighted by Crippen LogP contribution is -2.31. The van der Waals surface area contributed by atoms with Crippen LogP contribution in [-0.4, -0.2) is 25.8 Å². The molecular formula is C15H21NO2S. The van der Waals surface area contributed by atoms with Crippen LogP contribution in [0.25, 0.3) is 0 Å². The predicted molar refractivity (Wildman–Crippen MR) is 79.6 cm³/mol. The molecule has 0 aliphatic rings. The fourth-order valence-electron chi connectivity index (χ4n) is 1.63. The van der Waals surface area contributed by atoms with Crippen molar-refractivity contribution >= 4 is 10.0 Å². The second kappa shape index (κ2) is 7.26. The summed E-state index contributed by atoms with van der Waals surface area (Å²) >= 11 is 0. The van der Waals surface area contributed by atoms with Gasteiger partial charge in [0.2, 0.25) is 10.0 Å². The lowest BCUT2D eigenvalue weighted by molar-refractivity contribution is 0.473. The Hall–Kier alpha value is -1.39. The third kappa shape index (κ3) is 4.33. The van der Waals surface area contributed by atoms with Gasteiger partial charge in [0.1, 0.15) is 0 Å². The fraction of sp³-hybridized carbons (Fsp3) is 0.333. The van der Waals surface area contributed by atoms with Crippen LogP contribution in [0.5, 0.6) is 0 Å². The van der Waals surface area contributed by atoms with Gasteiger partial charge in [0.05, 0.1) is 4.90 Å². The van der Waals surface area contributed by atoms with Gasteiger partial charge < -0.3 is 0 Å². The van der Waals surface area contributed by atoms with Crippen LogP contribution >= 0.6 is 0 Å². The first-order chi connectivity index (χ1) is 9.02. The Morgan fingerprint density at radius 2 is 1.79 bits per heavy atom. The Kier molecular flexibility index (Phi) is 5.99. The monoisotopic (exact) mass is 279 g/mol. The molecule has 0 atom stereocenters. The Morgan fingerprint density at radius 3 is 2.32 bits per heavy atom. The maximum absolute atomic E-state index is 12.5. The molecule has 19 heavy (non-hydrogen) atoms. The van der Waals surface area contributed by atoms with Gasteiger partial charge >= 0.3 is 0 Å². The van der Waals surface area contributed by atoms with Crippen molar-refractivity contribution in [2.75, 3.05) is 13.1 Å². The lowest BCUT2D eigenvalue weighted by atomic mass is 10.2. The van der Waals surface area contributed by atoms with Gasteiger partial charge in [-0.15, -0.1) is 6.58 Å². The summed E-state index contributed by atoms with van der Waals surface area (Å²) in [7, 11) is -3.45. The van der Waals surface area contributed by atoms with Crippen LogP contribution in [0.1, 0.15) is 18.9 Å². The van der Waals surface area contributed by atoms with Crippen LogP contribution in [0.2, 0.25) is 0 Å². The Bertz CT molecular complexity index is 530. The van der Waals surface area contributed by atoms with E-state index in [1.54, 1.807) is 30.3 Å². The first kappa shape index (κ1) is 15.7.